The highest BCUT2D eigenvalue weighted by atomic mass is 35.5. The van der Waals surface area contributed by atoms with Crippen molar-refractivity contribution in [3.05, 3.63) is 11.2 Å². The van der Waals surface area contributed by atoms with E-state index in [1.165, 1.54) is 17.9 Å². The summed E-state index contributed by atoms with van der Waals surface area (Å²) in [6.07, 6.45) is 2.68. The number of alkyl halides is 1. The van der Waals surface area contributed by atoms with E-state index in [9.17, 15) is 8.42 Å². The maximum atomic E-state index is 11.9. The number of hydrogen-bond acceptors (Lipinski definition) is 3. The van der Waals surface area contributed by atoms with Crippen molar-refractivity contribution >= 4 is 33.2 Å². The minimum atomic E-state index is -3.62. The average Bonchev–Trinajstić information content (AvgIpc) is 2.58. The van der Waals surface area contributed by atoms with Crippen molar-refractivity contribution in [1.82, 2.24) is 14.5 Å². The van der Waals surface area contributed by atoms with E-state index in [0.29, 0.717) is 6.42 Å². The normalized spacial score (nSPS) is 13.9. The van der Waals surface area contributed by atoms with E-state index in [1.807, 2.05) is 6.92 Å². The number of sulfonamides is 1. The smallest absolute Gasteiger partial charge is 0.255 e. The van der Waals surface area contributed by atoms with E-state index in [1.54, 1.807) is 0 Å². The summed E-state index contributed by atoms with van der Waals surface area (Å²) in [6.45, 7) is 2.23. The van der Waals surface area contributed by atoms with Crippen molar-refractivity contribution in [2.24, 2.45) is 7.05 Å². The summed E-state index contributed by atoms with van der Waals surface area (Å²) in [5.41, 5.74) is 0. The molecule has 1 rings (SSSR count). The monoisotopic (exact) mass is 299 g/mol. The van der Waals surface area contributed by atoms with E-state index in [4.69, 9.17) is 23.2 Å². The molecule has 1 N–H and O–H groups in total. The molecule has 1 heterocycles. The molecule has 0 aromatic carbocycles. The minimum Gasteiger partial charge on any atom is -0.255 e. The number of aromatic nitrogens is 2. The first-order valence-corrected chi connectivity index (χ1v) is 7.49. The van der Waals surface area contributed by atoms with Gasteiger partial charge in [-0.25, -0.2) is 13.1 Å². The van der Waals surface area contributed by atoms with Crippen LogP contribution in [0.3, 0.4) is 0 Å². The second kappa shape index (κ2) is 6.04. The molecule has 98 valence electrons. The lowest BCUT2D eigenvalue weighted by Crippen LogP contribution is -2.28. The summed E-state index contributed by atoms with van der Waals surface area (Å²) in [5.74, 6) is 0. The van der Waals surface area contributed by atoms with Crippen molar-refractivity contribution in [2.45, 2.75) is 30.2 Å². The van der Waals surface area contributed by atoms with Crippen LogP contribution in [0.15, 0.2) is 11.2 Å². The SMILES string of the molecule is CCC(Cl)CCNS(=O)(=O)c1c(Cl)cnn1C. The van der Waals surface area contributed by atoms with Crippen molar-refractivity contribution in [3.8, 4) is 0 Å². The fourth-order valence-electron chi connectivity index (χ4n) is 1.32. The highest BCUT2D eigenvalue weighted by Crippen LogP contribution is 2.19. The molecule has 0 bridgehead atoms. The van der Waals surface area contributed by atoms with E-state index in [-0.39, 0.29) is 22.0 Å². The number of aryl methyl sites for hydroxylation is 1. The molecule has 0 aliphatic carbocycles. The molecular weight excluding hydrogens is 285 g/mol. The van der Waals surface area contributed by atoms with Gasteiger partial charge in [-0.15, -0.1) is 11.6 Å². The molecule has 8 heteroatoms. The topological polar surface area (TPSA) is 64.0 Å². The van der Waals surface area contributed by atoms with Crippen LogP contribution in [0.1, 0.15) is 19.8 Å². The fraction of sp³-hybridized carbons (Fsp3) is 0.667. The Morgan fingerprint density at radius 3 is 2.71 bits per heavy atom. The maximum Gasteiger partial charge on any atom is 0.259 e. The van der Waals surface area contributed by atoms with Gasteiger partial charge < -0.3 is 0 Å². The van der Waals surface area contributed by atoms with Gasteiger partial charge in [-0.2, -0.15) is 5.10 Å². The Morgan fingerprint density at radius 1 is 1.59 bits per heavy atom. The van der Waals surface area contributed by atoms with Crippen molar-refractivity contribution in [3.63, 3.8) is 0 Å². The Morgan fingerprint density at radius 2 is 2.24 bits per heavy atom. The third-order valence-corrected chi connectivity index (χ3v) is 4.78. The first kappa shape index (κ1) is 14.8. The summed E-state index contributed by atoms with van der Waals surface area (Å²) in [5, 5.41) is 3.84. The molecule has 0 saturated carbocycles. The lowest BCUT2D eigenvalue weighted by atomic mass is 10.2. The Bertz CT molecular complexity index is 453. The molecule has 0 radical (unpaired) electrons. The number of nitrogens with one attached hydrogen (secondary N) is 1. The van der Waals surface area contributed by atoms with E-state index >= 15 is 0 Å². The summed E-state index contributed by atoms with van der Waals surface area (Å²) in [4.78, 5) is 0. The highest BCUT2D eigenvalue weighted by Gasteiger charge is 2.22. The van der Waals surface area contributed by atoms with Crippen LogP contribution in [0, 0.1) is 0 Å². The second-order valence-electron chi connectivity index (χ2n) is 3.61. The van der Waals surface area contributed by atoms with Crippen LogP contribution in [-0.2, 0) is 17.1 Å². The van der Waals surface area contributed by atoms with Crippen molar-refractivity contribution in [1.29, 1.82) is 0 Å². The average molecular weight is 300 g/mol. The number of rotatable bonds is 6. The largest absolute Gasteiger partial charge is 0.259 e. The van der Waals surface area contributed by atoms with Gasteiger partial charge in [-0.1, -0.05) is 18.5 Å². The molecule has 0 saturated heterocycles. The predicted molar refractivity (Wildman–Crippen MR) is 68.0 cm³/mol. The van der Waals surface area contributed by atoms with Crippen molar-refractivity contribution < 1.29 is 8.42 Å². The van der Waals surface area contributed by atoms with Crippen LogP contribution in [0.25, 0.3) is 0 Å². The second-order valence-corrected chi connectivity index (χ2v) is 6.32. The van der Waals surface area contributed by atoms with Crippen LogP contribution in [0.5, 0.6) is 0 Å². The van der Waals surface area contributed by atoms with Gasteiger partial charge in [0.05, 0.1) is 11.2 Å². The molecular formula is C9H15Cl2N3O2S. The molecule has 1 aromatic rings. The predicted octanol–water partition coefficient (Wildman–Crippen LogP) is 1.76. The van der Waals surface area contributed by atoms with E-state index in [0.717, 1.165) is 6.42 Å². The van der Waals surface area contributed by atoms with Crippen molar-refractivity contribution in [2.75, 3.05) is 6.54 Å². The molecule has 0 fully saturated rings. The Hall–Kier alpha value is -0.300. The summed E-state index contributed by atoms with van der Waals surface area (Å²) >= 11 is 11.7. The lowest BCUT2D eigenvalue weighted by molar-refractivity contribution is 0.559. The van der Waals surface area contributed by atoms with Gasteiger partial charge >= 0.3 is 0 Å². The standard InChI is InChI=1S/C9H15Cl2N3O2S/c1-3-7(10)4-5-13-17(15,16)9-8(11)6-12-14(9)2/h6-7,13H,3-5H2,1-2H3. The highest BCUT2D eigenvalue weighted by molar-refractivity contribution is 7.89. The van der Waals surface area contributed by atoms with Gasteiger partial charge in [0.1, 0.15) is 0 Å². The van der Waals surface area contributed by atoms with E-state index < -0.39 is 10.0 Å². The zero-order chi connectivity index (χ0) is 13.1. The Kier molecular flexibility index (Phi) is 5.24. The van der Waals surface area contributed by atoms with Crippen LogP contribution >= 0.6 is 23.2 Å². The molecule has 5 nitrogen and oxygen atoms in total. The first-order chi connectivity index (χ1) is 7.88. The third kappa shape index (κ3) is 3.84. The molecule has 1 atom stereocenters. The quantitative estimate of drug-likeness (QED) is 0.814. The molecule has 17 heavy (non-hydrogen) atoms. The van der Waals surface area contributed by atoms with Gasteiger partial charge in [-0.3, -0.25) is 4.68 Å². The fourth-order valence-corrected chi connectivity index (χ4v) is 3.13. The summed E-state index contributed by atoms with van der Waals surface area (Å²) in [7, 11) is -2.10. The zero-order valence-electron chi connectivity index (χ0n) is 9.65. The minimum absolute atomic E-state index is 0.0261. The summed E-state index contributed by atoms with van der Waals surface area (Å²) in [6, 6.07) is 0. The Balaban J connectivity index is 2.70. The Labute approximate surface area is 111 Å². The van der Waals surface area contributed by atoms with Crippen LogP contribution < -0.4 is 4.72 Å². The van der Waals surface area contributed by atoms with Gasteiger partial charge in [0, 0.05) is 19.0 Å². The number of nitrogens with zero attached hydrogens (tertiary/aromatic N) is 2. The van der Waals surface area contributed by atoms with Gasteiger partial charge in [-0.05, 0) is 12.8 Å². The molecule has 0 spiro atoms. The molecule has 0 aliphatic rings. The van der Waals surface area contributed by atoms with Gasteiger partial charge in [0.25, 0.3) is 10.0 Å². The lowest BCUT2D eigenvalue weighted by Gasteiger charge is -2.09. The summed E-state index contributed by atoms with van der Waals surface area (Å²) < 4.78 is 27.5. The van der Waals surface area contributed by atoms with Gasteiger partial charge in [0.15, 0.2) is 5.03 Å². The number of hydrogen-bond donors (Lipinski definition) is 1. The third-order valence-electron chi connectivity index (χ3n) is 2.29. The van der Waals surface area contributed by atoms with Crippen LogP contribution in [-0.4, -0.2) is 30.1 Å². The number of halogens is 2. The zero-order valence-corrected chi connectivity index (χ0v) is 12.0. The van der Waals surface area contributed by atoms with Crippen LogP contribution in [0.4, 0.5) is 0 Å². The first-order valence-electron chi connectivity index (χ1n) is 5.19. The molecule has 1 unspecified atom stereocenters. The molecule has 1 aromatic heterocycles. The van der Waals surface area contributed by atoms with Crippen LogP contribution in [0.2, 0.25) is 5.02 Å². The molecule has 0 amide bonds. The maximum absolute atomic E-state index is 11.9. The molecule has 0 aliphatic heterocycles. The van der Waals surface area contributed by atoms with E-state index in [2.05, 4.69) is 9.82 Å². The van der Waals surface area contributed by atoms with Gasteiger partial charge in [0.2, 0.25) is 0 Å².